The van der Waals surface area contributed by atoms with Crippen molar-refractivity contribution in [2.45, 2.75) is 26.8 Å². The highest BCUT2D eigenvalue weighted by Crippen LogP contribution is 1.96. The van der Waals surface area contributed by atoms with Gasteiger partial charge in [-0.05, 0) is 24.9 Å². The molecule has 18 heavy (non-hydrogen) atoms. The lowest BCUT2D eigenvalue weighted by Gasteiger charge is -2.08. The van der Waals surface area contributed by atoms with Crippen LogP contribution in [0, 0.1) is 5.92 Å². The van der Waals surface area contributed by atoms with Gasteiger partial charge in [-0.15, -0.1) is 0 Å². The molecule has 0 aromatic carbocycles. The molecule has 0 unspecified atom stereocenters. The molecule has 0 aliphatic heterocycles. The van der Waals surface area contributed by atoms with Crippen LogP contribution >= 0.6 is 0 Å². The predicted molar refractivity (Wildman–Crippen MR) is 71.8 cm³/mol. The Kier molecular flexibility index (Phi) is 4.15. The average Bonchev–Trinajstić information content (AvgIpc) is 2.80. The molecule has 2 aromatic rings. The quantitative estimate of drug-likeness (QED) is 0.780. The maximum absolute atomic E-state index is 12.0. The molecule has 0 amide bonds. The van der Waals surface area contributed by atoms with Crippen molar-refractivity contribution in [3.8, 4) is 0 Å². The Morgan fingerprint density at radius 1 is 1.33 bits per heavy atom. The van der Waals surface area contributed by atoms with E-state index < -0.39 is 0 Å². The van der Waals surface area contributed by atoms with Crippen molar-refractivity contribution in [1.82, 2.24) is 19.5 Å². The Morgan fingerprint density at radius 2 is 2.17 bits per heavy atom. The minimum atomic E-state index is 0.0145. The van der Waals surface area contributed by atoms with Gasteiger partial charge in [-0.1, -0.05) is 13.8 Å². The summed E-state index contributed by atoms with van der Waals surface area (Å²) in [5.74, 6) is 0.711. The molecule has 0 fully saturated rings. The SMILES string of the molecule is CC(C)CCNCCn1ccn2nccc2c1=O. The average molecular weight is 248 g/mol. The summed E-state index contributed by atoms with van der Waals surface area (Å²) in [6.45, 7) is 6.93. The van der Waals surface area contributed by atoms with Gasteiger partial charge in [0.1, 0.15) is 5.52 Å². The van der Waals surface area contributed by atoms with E-state index in [9.17, 15) is 4.79 Å². The molecule has 2 aromatic heterocycles. The van der Waals surface area contributed by atoms with E-state index in [-0.39, 0.29) is 5.56 Å². The van der Waals surface area contributed by atoms with Crippen LogP contribution in [0.3, 0.4) is 0 Å². The van der Waals surface area contributed by atoms with Gasteiger partial charge in [0.2, 0.25) is 0 Å². The van der Waals surface area contributed by atoms with Crippen LogP contribution in [0.5, 0.6) is 0 Å². The molecule has 0 spiro atoms. The molecular weight excluding hydrogens is 228 g/mol. The highest BCUT2D eigenvalue weighted by Gasteiger charge is 2.02. The number of nitrogens with zero attached hydrogens (tertiary/aromatic N) is 3. The Labute approximate surface area is 106 Å². The third-order valence-electron chi connectivity index (χ3n) is 2.97. The summed E-state index contributed by atoms with van der Waals surface area (Å²) in [6, 6.07) is 1.74. The van der Waals surface area contributed by atoms with Gasteiger partial charge < -0.3 is 9.88 Å². The molecule has 0 atom stereocenters. The van der Waals surface area contributed by atoms with Crippen LogP contribution in [0.15, 0.2) is 29.5 Å². The molecule has 0 aliphatic carbocycles. The molecule has 0 bridgehead atoms. The van der Waals surface area contributed by atoms with Crippen molar-refractivity contribution in [2.75, 3.05) is 13.1 Å². The van der Waals surface area contributed by atoms with Crippen molar-refractivity contribution in [3.05, 3.63) is 35.0 Å². The van der Waals surface area contributed by atoms with E-state index in [1.54, 1.807) is 27.5 Å². The molecule has 98 valence electrons. The van der Waals surface area contributed by atoms with Crippen LogP contribution in [-0.2, 0) is 6.54 Å². The van der Waals surface area contributed by atoms with E-state index in [0.29, 0.717) is 18.0 Å². The summed E-state index contributed by atoms with van der Waals surface area (Å²) in [4.78, 5) is 12.0. The number of hydrogen-bond acceptors (Lipinski definition) is 3. The monoisotopic (exact) mass is 248 g/mol. The first-order valence-electron chi connectivity index (χ1n) is 6.42. The van der Waals surface area contributed by atoms with Crippen molar-refractivity contribution in [2.24, 2.45) is 5.92 Å². The molecular formula is C13H20N4O. The zero-order valence-corrected chi connectivity index (χ0v) is 11.0. The number of hydrogen-bond donors (Lipinski definition) is 1. The topological polar surface area (TPSA) is 51.3 Å². The van der Waals surface area contributed by atoms with E-state index in [2.05, 4.69) is 24.3 Å². The van der Waals surface area contributed by atoms with Crippen molar-refractivity contribution < 1.29 is 0 Å². The second kappa shape index (κ2) is 5.82. The van der Waals surface area contributed by atoms with E-state index in [1.807, 2.05) is 6.20 Å². The third-order valence-corrected chi connectivity index (χ3v) is 2.97. The number of rotatable bonds is 6. The van der Waals surface area contributed by atoms with E-state index >= 15 is 0 Å². The van der Waals surface area contributed by atoms with Gasteiger partial charge in [-0.25, -0.2) is 4.52 Å². The Bertz CT molecular complexity index is 555. The molecule has 1 N–H and O–H groups in total. The van der Waals surface area contributed by atoms with Crippen LogP contribution in [0.4, 0.5) is 0 Å². The van der Waals surface area contributed by atoms with Gasteiger partial charge in [0.15, 0.2) is 0 Å². The van der Waals surface area contributed by atoms with Crippen molar-refractivity contribution >= 4 is 5.52 Å². The fourth-order valence-electron chi connectivity index (χ4n) is 1.85. The zero-order valence-electron chi connectivity index (χ0n) is 11.0. The fourth-order valence-corrected chi connectivity index (χ4v) is 1.85. The van der Waals surface area contributed by atoms with Gasteiger partial charge in [-0.2, -0.15) is 5.10 Å². The molecule has 0 saturated carbocycles. The lowest BCUT2D eigenvalue weighted by Crippen LogP contribution is -2.28. The summed E-state index contributed by atoms with van der Waals surface area (Å²) in [5, 5.41) is 7.39. The van der Waals surface area contributed by atoms with Gasteiger partial charge in [0.05, 0.1) is 6.20 Å². The van der Waals surface area contributed by atoms with Crippen LogP contribution < -0.4 is 10.9 Å². The normalized spacial score (nSPS) is 11.5. The first-order chi connectivity index (χ1) is 8.68. The van der Waals surface area contributed by atoms with Gasteiger partial charge in [0, 0.05) is 25.5 Å². The molecule has 5 heteroatoms. The zero-order chi connectivity index (χ0) is 13.0. The van der Waals surface area contributed by atoms with Gasteiger partial charge in [0.25, 0.3) is 5.56 Å². The smallest absolute Gasteiger partial charge is 0.276 e. The Balaban J connectivity index is 1.91. The summed E-state index contributed by atoms with van der Waals surface area (Å²) < 4.78 is 3.32. The van der Waals surface area contributed by atoms with Gasteiger partial charge >= 0.3 is 0 Å². The standard InChI is InChI=1S/C13H20N4O/c1-11(2)3-5-14-7-8-16-9-10-17-12(13(16)18)4-6-15-17/h4,6,9-11,14H,3,5,7-8H2,1-2H3. The molecule has 5 nitrogen and oxygen atoms in total. The first-order valence-corrected chi connectivity index (χ1v) is 6.42. The molecule has 0 radical (unpaired) electrons. The Hall–Kier alpha value is -1.62. The number of aromatic nitrogens is 3. The summed E-state index contributed by atoms with van der Waals surface area (Å²) in [6.07, 6.45) is 6.40. The lowest BCUT2D eigenvalue weighted by atomic mass is 10.1. The van der Waals surface area contributed by atoms with Crippen molar-refractivity contribution in [3.63, 3.8) is 0 Å². The van der Waals surface area contributed by atoms with Crippen LogP contribution in [0.2, 0.25) is 0 Å². The third kappa shape index (κ3) is 2.98. The minimum Gasteiger partial charge on any atom is -0.315 e. The fraction of sp³-hybridized carbons (Fsp3) is 0.538. The minimum absolute atomic E-state index is 0.0145. The van der Waals surface area contributed by atoms with E-state index in [0.717, 1.165) is 19.5 Å². The second-order valence-electron chi connectivity index (χ2n) is 4.89. The lowest BCUT2D eigenvalue weighted by molar-refractivity contribution is 0.515. The number of fused-ring (bicyclic) bond motifs is 1. The first kappa shape index (κ1) is 12.8. The van der Waals surface area contributed by atoms with Crippen molar-refractivity contribution in [1.29, 1.82) is 0 Å². The van der Waals surface area contributed by atoms with Crippen LogP contribution in [0.25, 0.3) is 5.52 Å². The maximum Gasteiger partial charge on any atom is 0.276 e. The Morgan fingerprint density at radius 3 is 2.94 bits per heavy atom. The maximum atomic E-state index is 12.0. The molecule has 2 rings (SSSR count). The van der Waals surface area contributed by atoms with Gasteiger partial charge in [-0.3, -0.25) is 4.79 Å². The number of nitrogens with one attached hydrogen (secondary N) is 1. The molecule has 2 heterocycles. The van der Waals surface area contributed by atoms with E-state index in [4.69, 9.17) is 0 Å². The summed E-state index contributed by atoms with van der Waals surface area (Å²) in [5.41, 5.74) is 0.639. The van der Waals surface area contributed by atoms with Crippen LogP contribution in [-0.4, -0.2) is 27.3 Å². The largest absolute Gasteiger partial charge is 0.315 e. The summed E-state index contributed by atoms with van der Waals surface area (Å²) >= 11 is 0. The molecule has 0 aliphatic rings. The predicted octanol–water partition coefficient (Wildman–Crippen LogP) is 1.13. The van der Waals surface area contributed by atoms with E-state index in [1.165, 1.54) is 0 Å². The summed E-state index contributed by atoms with van der Waals surface area (Å²) in [7, 11) is 0. The highest BCUT2D eigenvalue weighted by molar-refractivity contribution is 5.42. The van der Waals surface area contributed by atoms with Crippen LogP contribution in [0.1, 0.15) is 20.3 Å². The highest BCUT2D eigenvalue weighted by atomic mass is 16.1. The molecule has 0 saturated heterocycles. The second-order valence-corrected chi connectivity index (χ2v) is 4.89.